The van der Waals surface area contributed by atoms with Crippen LogP contribution in [0.3, 0.4) is 0 Å². The van der Waals surface area contributed by atoms with Crippen LogP contribution in [0.15, 0.2) is 72.8 Å². The first-order valence-corrected chi connectivity index (χ1v) is 12.8. The molecule has 2 aliphatic carbocycles. The van der Waals surface area contributed by atoms with Crippen molar-refractivity contribution in [3.63, 3.8) is 0 Å². The number of pyridine rings is 2. The molecule has 0 radical (unpaired) electrons. The monoisotopic (exact) mass is 474 g/mol. The van der Waals surface area contributed by atoms with Crippen LogP contribution < -0.4 is 11.5 Å². The third-order valence-electron chi connectivity index (χ3n) is 7.14. The molecule has 4 nitrogen and oxygen atoms in total. The number of benzene rings is 2. The van der Waals surface area contributed by atoms with Gasteiger partial charge in [0.2, 0.25) is 0 Å². The van der Waals surface area contributed by atoms with Gasteiger partial charge in [0.25, 0.3) is 0 Å². The Kier molecular flexibility index (Phi) is 6.86. The van der Waals surface area contributed by atoms with Crippen LogP contribution in [0.1, 0.15) is 63.5 Å². The number of allylic oxidation sites excluding steroid dienone is 1. The SMILES string of the molecule is Cc1cc(N)nc(C2=Cc3ccccc3CC2)c1.Cc1cc(N)nc(C2CCc3ccccc3C2)c1. The first-order valence-electron chi connectivity index (χ1n) is 12.8. The maximum absolute atomic E-state index is 5.85. The Morgan fingerprint density at radius 2 is 1.36 bits per heavy atom. The van der Waals surface area contributed by atoms with Crippen LogP contribution in [0.5, 0.6) is 0 Å². The van der Waals surface area contributed by atoms with Crippen molar-refractivity contribution in [1.29, 1.82) is 0 Å². The van der Waals surface area contributed by atoms with Gasteiger partial charge in [0, 0.05) is 11.6 Å². The topological polar surface area (TPSA) is 77.8 Å². The van der Waals surface area contributed by atoms with Crippen molar-refractivity contribution in [3.05, 3.63) is 118 Å². The number of aromatic nitrogens is 2. The van der Waals surface area contributed by atoms with Crippen molar-refractivity contribution in [2.24, 2.45) is 0 Å². The number of aryl methyl sites for hydroxylation is 4. The van der Waals surface area contributed by atoms with Gasteiger partial charge in [0.05, 0.1) is 5.69 Å². The number of hydrogen-bond donors (Lipinski definition) is 2. The number of nitrogens with zero attached hydrogens (tertiary/aromatic N) is 2. The molecule has 2 heterocycles. The van der Waals surface area contributed by atoms with Crippen molar-refractivity contribution in [2.75, 3.05) is 11.5 Å². The van der Waals surface area contributed by atoms with Gasteiger partial charge < -0.3 is 11.5 Å². The van der Waals surface area contributed by atoms with E-state index in [1.165, 1.54) is 39.8 Å². The van der Waals surface area contributed by atoms with E-state index in [2.05, 4.69) is 90.6 Å². The molecule has 4 heteroatoms. The molecule has 0 aliphatic heterocycles. The van der Waals surface area contributed by atoms with E-state index in [1.807, 2.05) is 12.1 Å². The van der Waals surface area contributed by atoms with E-state index < -0.39 is 0 Å². The molecule has 2 aromatic heterocycles. The first-order chi connectivity index (χ1) is 17.4. The summed E-state index contributed by atoms with van der Waals surface area (Å²) in [6.07, 6.45) is 7.76. The summed E-state index contributed by atoms with van der Waals surface area (Å²) < 4.78 is 0. The number of rotatable bonds is 2. The molecule has 2 aliphatic rings. The molecule has 0 spiro atoms. The van der Waals surface area contributed by atoms with Gasteiger partial charge in [-0.3, -0.25) is 0 Å². The molecule has 4 aromatic rings. The predicted octanol–water partition coefficient (Wildman–Crippen LogP) is 6.70. The molecule has 1 atom stereocenters. The van der Waals surface area contributed by atoms with Crippen molar-refractivity contribution < 1.29 is 0 Å². The quantitative estimate of drug-likeness (QED) is 0.339. The highest BCUT2D eigenvalue weighted by molar-refractivity contribution is 5.83. The number of nitrogens with two attached hydrogens (primary N) is 2. The molecule has 0 fully saturated rings. The largest absolute Gasteiger partial charge is 0.384 e. The summed E-state index contributed by atoms with van der Waals surface area (Å²) in [6, 6.07) is 25.4. The van der Waals surface area contributed by atoms with Crippen LogP contribution in [0.25, 0.3) is 11.6 Å². The lowest BCUT2D eigenvalue weighted by molar-refractivity contribution is 0.571. The van der Waals surface area contributed by atoms with Gasteiger partial charge >= 0.3 is 0 Å². The summed E-state index contributed by atoms with van der Waals surface area (Å²) in [5, 5.41) is 0. The van der Waals surface area contributed by atoms with Crippen LogP contribution in [0, 0.1) is 13.8 Å². The van der Waals surface area contributed by atoms with Gasteiger partial charge in [-0.1, -0.05) is 48.5 Å². The van der Waals surface area contributed by atoms with E-state index in [-0.39, 0.29) is 0 Å². The zero-order chi connectivity index (χ0) is 25.1. The van der Waals surface area contributed by atoms with E-state index in [9.17, 15) is 0 Å². The molecule has 36 heavy (non-hydrogen) atoms. The van der Waals surface area contributed by atoms with Crippen molar-refractivity contribution >= 4 is 23.3 Å². The fraction of sp³-hybridized carbons (Fsp3) is 0.250. The molecule has 4 N–H and O–H groups in total. The molecular formula is C32H34N4. The van der Waals surface area contributed by atoms with Crippen LogP contribution in [0.2, 0.25) is 0 Å². The van der Waals surface area contributed by atoms with Gasteiger partial charge in [-0.05, 0) is 115 Å². The Morgan fingerprint density at radius 1 is 0.694 bits per heavy atom. The highest BCUT2D eigenvalue weighted by Crippen LogP contribution is 2.32. The molecule has 0 saturated heterocycles. The number of fused-ring (bicyclic) bond motifs is 2. The summed E-state index contributed by atoms with van der Waals surface area (Å²) in [6.45, 7) is 4.14. The second-order valence-electron chi connectivity index (χ2n) is 10.0. The van der Waals surface area contributed by atoms with Gasteiger partial charge in [0.1, 0.15) is 11.6 Å². The van der Waals surface area contributed by atoms with Crippen LogP contribution in [0.4, 0.5) is 11.6 Å². The van der Waals surface area contributed by atoms with Crippen molar-refractivity contribution in [1.82, 2.24) is 9.97 Å². The van der Waals surface area contributed by atoms with E-state index in [0.29, 0.717) is 17.6 Å². The van der Waals surface area contributed by atoms with Gasteiger partial charge in [-0.15, -0.1) is 0 Å². The first kappa shape index (κ1) is 23.8. The predicted molar refractivity (Wildman–Crippen MR) is 151 cm³/mol. The maximum atomic E-state index is 5.85. The Labute approximate surface area is 214 Å². The van der Waals surface area contributed by atoms with Crippen LogP contribution >= 0.6 is 0 Å². The molecular weight excluding hydrogens is 440 g/mol. The number of nitrogen functional groups attached to an aromatic ring is 2. The lowest BCUT2D eigenvalue weighted by atomic mass is 9.82. The lowest BCUT2D eigenvalue weighted by Gasteiger charge is -2.24. The third kappa shape index (κ3) is 5.49. The highest BCUT2D eigenvalue weighted by Gasteiger charge is 2.21. The minimum atomic E-state index is 0.516. The average Bonchev–Trinajstić information content (AvgIpc) is 2.87. The number of hydrogen-bond acceptors (Lipinski definition) is 4. The Bertz CT molecular complexity index is 1380. The molecule has 2 aromatic carbocycles. The second-order valence-corrected chi connectivity index (χ2v) is 10.0. The van der Waals surface area contributed by atoms with E-state index >= 15 is 0 Å². The fourth-order valence-corrected chi connectivity index (χ4v) is 5.37. The maximum Gasteiger partial charge on any atom is 0.124 e. The van der Waals surface area contributed by atoms with E-state index in [0.717, 1.165) is 42.6 Å². The van der Waals surface area contributed by atoms with Crippen LogP contribution in [-0.2, 0) is 19.3 Å². The van der Waals surface area contributed by atoms with Gasteiger partial charge in [-0.2, -0.15) is 0 Å². The normalized spacial score (nSPS) is 16.2. The summed E-state index contributed by atoms with van der Waals surface area (Å²) in [4.78, 5) is 8.95. The molecule has 0 saturated carbocycles. The van der Waals surface area contributed by atoms with Gasteiger partial charge in [0.15, 0.2) is 0 Å². The van der Waals surface area contributed by atoms with E-state index in [4.69, 9.17) is 11.5 Å². The average molecular weight is 475 g/mol. The minimum absolute atomic E-state index is 0.516. The van der Waals surface area contributed by atoms with Gasteiger partial charge in [-0.25, -0.2) is 9.97 Å². The molecule has 0 amide bonds. The summed E-state index contributed by atoms with van der Waals surface area (Å²) in [5.74, 6) is 1.76. The standard InChI is InChI=1S/C16H18N2.C16H16N2/c2*1-11-8-15(18-16(17)9-11)14-7-6-12-4-2-3-5-13(12)10-14/h2-5,8-9,14H,6-7,10H2,1H3,(H2,17,18);2-5,8-10H,6-7H2,1H3,(H2,17,18). The lowest BCUT2D eigenvalue weighted by Crippen LogP contribution is -2.14. The van der Waals surface area contributed by atoms with E-state index in [1.54, 1.807) is 0 Å². The third-order valence-corrected chi connectivity index (χ3v) is 7.14. The Balaban J connectivity index is 0.000000148. The summed E-state index contributed by atoms with van der Waals surface area (Å²) >= 11 is 0. The zero-order valence-electron chi connectivity index (χ0n) is 21.2. The van der Waals surface area contributed by atoms with Crippen molar-refractivity contribution in [3.8, 4) is 0 Å². The molecule has 0 bridgehead atoms. The molecule has 182 valence electrons. The molecule has 6 rings (SSSR count). The van der Waals surface area contributed by atoms with Crippen LogP contribution in [-0.4, -0.2) is 9.97 Å². The second kappa shape index (κ2) is 10.4. The Hall–Kier alpha value is -3.92. The summed E-state index contributed by atoms with van der Waals surface area (Å²) in [7, 11) is 0. The Morgan fingerprint density at radius 3 is 2.11 bits per heavy atom. The summed E-state index contributed by atoms with van der Waals surface area (Å²) in [5.41, 5.74) is 23.2. The minimum Gasteiger partial charge on any atom is -0.384 e. The highest BCUT2D eigenvalue weighted by atomic mass is 14.8. The molecule has 1 unspecified atom stereocenters. The van der Waals surface area contributed by atoms with Crippen molar-refractivity contribution in [2.45, 2.75) is 51.9 Å². The smallest absolute Gasteiger partial charge is 0.124 e. The zero-order valence-corrected chi connectivity index (χ0v) is 21.2. The number of anilines is 2. The fourth-order valence-electron chi connectivity index (χ4n) is 5.37.